The van der Waals surface area contributed by atoms with Crippen LogP contribution in [0.1, 0.15) is 11.7 Å². The van der Waals surface area contributed by atoms with Gasteiger partial charge in [0.15, 0.2) is 13.1 Å². The van der Waals surface area contributed by atoms with Crippen molar-refractivity contribution in [3.63, 3.8) is 0 Å². The second-order valence-electron chi connectivity index (χ2n) is 6.00. The van der Waals surface area contributed by atoms with Crippen molar-refractivity contribution >= 4 is 23.4 Å². The lowest BCUT2D eigenvalue weighted by Gasteiger charge is -2.26. The van der Waals surface area contributed by atoms with Crippen molar-refractivity contribution in [2.75, 3.05) is 0 Å². The van der Waals surface area contributed by atoms with Crippen LogP contribution in [-0.4, -0.2) is 15.9 Å². The Morgan fingerprint density at radius 3 is 1.70 bits per heavy atom. The smallest absolute Gasteiger partial charge is 0.269 e. The summed E-state index contributed by atoms with van der Waals surface area (Å²) in [5.74, 6) is -2.11. The van der Waals surface area contributed by atoms with E-state index in [0.29, 0.717) is 10.6 Å². The average molecular weight is 385 g/mol. The van der Waals surface area contributed by atoms with Gasteiger partial charge in [0.25, 0.3) is 5.69 Å². The second kappa shape index (κ2) is 7.82. The SMILES string of the molecule is O=[N+]([O-])c1ccc([C@@H](O)[C@@H](F)P(=O)(c2ccccc2)c2ccccc2)cc1. The number of non-ortho nitro benzene ring substituents is 1. The molecule has 2 atom stereocenters. The van der Waals surface area contributed by atoms with E-state index in [2.05, 4.69) is 0 Å². The summed E-state index contributed by atoms with van der Waals surface area (Å²) in [4.78, 5) is 10.2. The lowest BCUT2D eigenvalue weighted by molar-refractivity contribution is -0.384. The van der Waals surface area contributed by atoms with Crippen LogP contribution in [-0.2, 0) is 4.57 Å². The Morgan fingerprint density at radius 1 is 0.852 bits per heavy atom. The lowest BCUT2D eigenvalue weighted by Crippen LogP contribution is -2.27. The van der Waals surface area contributed by atoms with E-state index in [1.807, 2.05) is 0 Å². The van der Waals surface area contributed by atoms with Crippen molar-refractivity contribution in [3.05, 3.63) is 101 Å². The molecule has 0 aliphatic carbocycles. The first-order valence-electron chi connectivity index (χ1n) is 8.22. The Kier molecular flexibility index (Phi) is 5.49. The standard InChI is InChI=1S/C20H17FNO4P/c21-20(19(23)15-11-13-16(14-12-15)22(24)25)27(26,17-7-3-1-4-8-17)18-9-5-2-6-10-18/h1-14,19-20,23H/t19-,20+/m1/s1. The number of aliphatic hydroxyl groups excluding tert-OH is 1. The molecule has 0 unspecified atom stereocenters. The Hall–Kier alpha value is -2.82. The number of halogens is 1. The predicted molar refractivity (Wildman–Crippen MR) is 103 cm³/mol. The molecule has 1 N–H and O–H groups in total. The van der Waals surface area contributed by atoms with E-state index in [0.717, 1.165) is 0 Å². The number of rotatable bonds is 6. The number of hydrogen-bond donors (Lipinski definition) is 1. The van der Waals surface area contributed by atoms with Gasteiger partial charge in [-0.2, -0.15) is 0 Å². The summed E-state index contributed by atoms with van der Waals surface area (Å²) in [6, 6.07) is 21.3. The van der Waals surface area contributed by atoms with E-state index in [1.165, 1.54) is 24.3 Å². The van der Waals surface area contributed by atoms with E-state index in [-0.39, 0.29) is 11.3 Å². The van der Waals surface area contributed by atoms with Gasteiger partial charge in [0.1, 0.15) is 6.10 Å². The summed E-state index contributed by atoms with van der Waals surface area (Å²) in [6.45, 7) is 0. The van der Waals surface area contributed by atoms with Crippen LogP contribution < -0.4 is 10.6 Å². The first kappa shape index (κ1) is 19.0. The van der Waals surface area contributed by atoms with Gasteiger partial charge < -0.3 is 9.67 Å². The molecule has 0 spiro atoms. The fourth-order valence-corrected chi connectivity index (χ4v) is 5.55. The number of alkyl halides is 1. The summed E-state index contributed by atoms with van der Waals surface area (Å²) >= 11 is 0. The van der Waals surface area contributed by atoms with Crippen LogP contribution in [0.2, 0.25) is 0 Å². The van der Waals surface area contributed by atoms with Crippen molar-refractivity contribution in [1.29, 1.82) is 0 Å². The molecule has 3 aromatic rings. The van der Waals surface area contributed by atoms with Gasteiger partial charge >= 0.3 is 0 Å². The Labute approximate surface area is 155 Å². The van der Waals surface area contributed by atoms with Crippen LogP contribution in [0.15, 0.2) is 84.9 Å². The molecular formula is C20H17FNO4P. The van der Waals surface area contributed by atoms with Gasteiger partial charge in [-0.05, 0) is 17.7 Å². The third-order valence-electron chi connectivity index (χ3n) is 4.33. The molecule has 0 aliphatic rings. The zero-order valence-corrected chi connectivity index (χ0v) is 15.1. The van der Waals surface area contributed by atoms with E-state index < -0.39 is 24.1 Å². The van der Waals surface area contributed by atoms with Gasteiger partial charge in [0.05, 0.1) is 4.92 Å². The first-order valence-corrected chi connectivity index (χ1v) is 9.99. The third-order valence-corrected chi connectivity index (χ3v) is 7.44. The molecule has 3 rings (SSSR count). The first-order chi connectivity index (χ1) is 12.9. The van der Waals surface area contributed by atoms with Crippen LogP contribution in [0, 0.1) is 10.1 Å². The summed E-state index contributed by atoms with van der Waals surface area (Å²) in [5.41, 5.74) is -0.0455. The number of nitro groups is 1. The fourth-order valence-electron chi connectivity index (χ4n) is 2.88. The Bertz CT molecular complexity index is 921. The molecule has 138 valence electrons. The second-order valence-corrected chi connectivity index (χ2v) is 8.84. The number of benzene rings is 3. The average Bonchev–Trinajstić information content (AvgIpc) is 2.73. The molecule has 3 aromatic carbocycles. The van der Waals surface area contributed by atoms with Crippen molar-refractivity contribution in [3.8, 4) is 0 Å². The fraction of sp³-hybridized carbons (Fsp3) is 0.100. The third kappa shape index (κ3) is 3.68. The van der Waals surface area contributed by atoms with Gasteiger partial charge in [0, 0.05) is 22.7 Å². The molecular weight excluding hydrogens is 368 g/mol. The summed E-state index contributed by atoms with van der Waals surface area (Å²) in [7, 11) is -3.82. The maximum atomic E-state index is 15.5. The van der Waals surface area contributed by atoms with Gasteiger partial charge in [-0.1, -0.05) is 60.7 Å². The van der Waals surface area contributed by atoms with Gasteiger partial charge in [-0.25, -0.2) is 4.39 Å². The molecule has 0 amide bonds. The molecule has 0 saturated heterocycles. The Balaban J connectivity index is 2.04. The van der Waals surface area contributed by atoms with E-state index >= 15 is 4.39 Å². The topological polar surface area (TPSA) is 80.4 Å². The molecule has 0 radical (unpaired) electrons. The van der Waals surface area contributed by atoms with Gasteiger partial charge in [0.2, 0.25) is 0 Å². The molecule has 7 heteroatoms. The molecule has 0 saturated carbocycles. The van der Waals surface area contributed by atoms with Crippen LogP contribution in [0.3, 0.4) is 0 Å². The number of nitro benzene ring substituents is 1. The normalized spacial score (nSPS) is 13.7. The number of hydrogen-bond acceptors (Lipinski definition) is 4. The molecule has 0 fully saturated rings. The highest BCUT2D eigenvalue weighted by Gasteiger charge is 2.42. The molecule has 5 nitrogen and oxygen atoms in total. The molecule has 0 heterocycles. The largest absolute Gasteiger partial charge is 0.385 e. The Morgan fingerprint density at radius 2 is 1.30 bits per heavy atom. The van der Waals surface area contributed by atoms with Crippen LogP contribution in [0.4, 0.5) is 10.1 Å². The van der Waals surface area contributed by atoms with E-state index in [4.69, 9.17) is 0 Å². The molecule has 0 bridgehead atoms. The molecule has 27 heavy (non-hydrogen) atoms. The zero-order chi connectivity index (χ0) is 19.4. The van der Waals surface area contributed by atoms with Gasteiger partial charge in [-0.15, -0.1) is 0 Å². The summed E-state index contributed by atoms with van der Waals surface area (Å²) < 4.78 is 29.4. The van der Waals surface area contributed by atoms with E-state index in [9.17, 15) is 19.8 Å². The number of nitrogens with zero attached hydrogens (tertiary/aromatic N) is 1. The highest BCUT2D eigenvalue weighted by molar-refractivity contribution is 7.79. The van der Waals surface area contributed by atoms with Crippen molar-refractivity contribution in [2.45, 2.75) is 12.0 Å². The highest BCUT2D eigenvalue weighted by atomic mass is 31.2. The monoisotopic (exact) mass is 385 g/mol. The molecule has 0 aromatic heterocycles. The zero-order valence-electron chi connectivity index (χ0n) is 14.2. The van der Waals surface area contributed by atoms with Crippen molar-refractivity contribution < 1.29 is 19.0 Å². The maximum absolute atomic E-state index is 15.5. The minimum atomic E-state index is -3.82. The summed E-state index contributed by atoms with van der Waals surface area (Å²) in [5, 5.41) is 21.9. The summed E-state index contributed by atoms with van der Waals surface area (Å²) in [6.07, 6.45) is -1.70. The van der Waals surface area contributed by atoms with E-state index in [1.54, 1.807) is 60.7 Å². The van der Waals surface area contributed by atoms with Crippen molar-refractivity contribution in [1.82, 2.24) is 0 Å². The maximum Gasteiger partial charge on any atom is 0.269 e. The number of aliphatic hydroxyl groups is 1. The van der Waals surface area contributed by atoms with Gasteiger partial charge in [-0.3, -0.25) is 10.1 Å². The van der Waals surface area contributed by atoms with Crippen molar-refractivity contribution in [2.24, 2.45) is 0 Å². The minimum Gasteiger partial charge on any atom is -0.385 e. The van der Waals surface area contributed by atoms with Crippen LogP contribution in [0.25, 0.3) is 0 Å². The highest BCUT2D eigenvalue weighted by Crippen LogP contribution is 2.53. The quantitative estimate of drug-likeness (QED) is 0.396. The van der Waals surface area contributed by atoms with Crippen LogP contribution in [0.5, 0.6) is 0 Å². The molecule has 0 aliphatic heterocycles. The predicted octanol–water partition coefficient (Wildman–Crippen LogP) is 3.94. The van der Waals surface area contributed by atoms with Crippen LogP contribution >= 0.6 is 7.14 Å². The lowest BCUT2D eigenvalue weighted by atomic mass is 10.1. The minimum absolute atomic E-state index is 0.125.